The van der Waals surface area contributed by atoms with E-state index >= 15 is 0 Å². The highest BCUT2D eigenvalue weighted by atomic mass is 19.3. The van der Waals surface area contributed by atoms with Crippen molar-refractivity contribution < 1.29 is 13.5 Å². The molecule has 0 atom stereocenters. The van der Waals surface area contributed by atoms with Crippen LogP contribution in [0.2, 0.25) is 0 Å². The molecule has 0 saturated carbocycles. The lowest BCUT2D eigenvalue weighted by molar-refractivity contribution is 0.150. The van der Waals surface area contributed by atoms with Crippen LogP contribution in [0.1, 0.15) is 17.6 Å². The zero-order chi connectivity index (χ0) is 11.3. The third kappa shape index (κ3) is 3.16. The van der Waals surface area contributed by atoms with Crippen LogP contribution >= 0.6 is 0 Å². The van der Waals surface area contributed by atoms with Crippen molar-refractivity contribution >= 4 is 0 Å². The van der Waals surface area contributed by atoms with E-state index in [2.05, 4.69) is 5.32 Å². The normalized spacial score (nSPS) is 10.7. The van der Waals surface area contributed by atoms with E-state index in [1.807, 2.05) is 0 Å². The maximum absolute atomic E-state index is 12.6. The van der Waals surface area contributed by atoms with E-state index in [1.54, 1.807) is 19.2 Å². The Morgan fingerprint density at radius 3 is 2.67 bits per heavy atom. The molecule has 0 aliphatic carbocycles. The van der Waals surface area contributed by atoms with E-state index < -0.39 is 6.43 Å². The molecule has 0 amide bonds. The summed E-state index contributed by atoms with van der Waals surface area (Å²) in [5.74, 6) is 0.616. The lowest BCUT2D eigenvalue weighted by Crippen LogP contribution is -2.11. The number of alkyl halides is 2. The first kappa shape index (κ1) is 11.9. The monoisotopic (exact) mass is 215 g/mol. The first-order chi connectivity index (χ1) is 7.19. The fraction of sp³-hybridized carbons (Fsp3) is 0.455. The molecule has 0 aromatic heterocycles. The van der Waals surface area contributed by atoms with Gasteiger partial charge in [0, 0.05) is 5.56 Å². The Labute approximate surface area is 88.3 Å². The summed E-state index contributed by atoms with van der Waals surface area (Å²) >= 11 is 0. The number of ether oxygens (including phenoxy) is 1. The molecule has 84 valence electrons. The van der Waals surface area contributed by atoms with Crippen molar-refractivity contribution in [2.75, 3.05) is 20.7 Å². The number of rotatable bonds is 5. The molecule has 1 rings (SSSR count). The van der Waals surface area contributed by atoms with Gasteiger partial charge >= 0.3 is 0 Å². The Bertz CT molecular complexity index is 315. The van der Waals surface area contributed by atoms with E-state index in [-0.39, 0.29) is 5.56 Å². The van der Waals surface area contributed by atoms with E-state index in [9.17, 15) is 8.78 Å². The number of nitrogens with one attached hydrogen (secondary N) is 1. The topological polar surface area (TPSA) is 21.3 Å². The predicted molar refractivity (Wildman–Crippen MR) is 55.6 cm³/mol. The molecule has 1 N–H and O–H groups in total. The molecular formula is C11H15F2NO. The molecule has 0 unspecified atom stereocenters. The van der Waals surface area contributed by atoms with Gasteiger partial charge in [0.2, 0.25) is 0 Å². The Morgan fingerprint density at radius 2 is 2.13 bits per heavy atom. The van der Waals surface area contributed by atoms with Crippen LogP contribution in [0.25, 0.3) is 0 Å². The Morgan fingerprint density at radius 1 is 1.40 bits per heavy atom. The summed E-state index contributed by atoms with van der Waals surface area (Å²) in [6, 6.07) is 4.65. The standard InChI is InChI=1S/C11H15F2NO/c1-14-6-5-8-7-9(15-2)3-4-10(8)11(12)13/h3-4,7,11,14H,5-6H2,1-2H3. The number of hydrogen-bond acceptors (Lipinski definition) is 2. The third-order valence-corrected chi connectivity index (χ3v) is 2.23. The minimum Gasteiger partial charge on any atom is -0.497 e. The molecule has 2 nitrogen and oxygen atoms in total. The van der Waals surface area contributed by atoms with Crippen LogP contribution in [0.15, 0.2) is 18.2 Å². The van der Waals surface area contributed by atoms with Gasteiger partial charge in [-0.25, -0.2) is 8.78 Å². The molecule has 0 aliphatic heterocycles. The van der Waals surface area contributed by atoms with Crippen molar-refractivity contribution in [1.82, 2.24) is 5.32 Å². The fourth-order valence-corrected chi connectivity index (χ4v) is 1.40. The van der Waals surface area contributed by atoms with Gasteiger partial charge in [0.25, 0.3) is 6.43 Å². The molecule has 0 heterocycles. The summed E-state index contributed by atoms with van der Waals surface area (Å²) in [5.41, 5.74) is 0.727. The Balaban J connectivity index is 2.94. The van der Waals surface area contributed by atoms with Gasteiger partial charge in [-0.2, -0.15) is 0 Å². The Kier molecular flexibility index (Phi) is 4.49. The van der Waals surface area contributed by atoms with Crippen LogP contribution in [0.3, 0.4) is 0 Å². The van der Waals surface area contributed by atoms with Crippen LogP contribution < -0.4 is 10.1 Å². The van der Waals surface area contributed by atoms with Crippen molar-refractivity contribution in [3.05, 3.63) is 29.3 Å². The highest BCUT2D eigenvalue weighted by molar-refractivity contribution is 5.36. The van der Waals surface area contributed by atoms with E-state index in [0.29, 0.717) is 24.3 Å². The number of hydrogen-bond donors (Lipinski definition) is 1. The molecule has 1 aromatic carbocycles. The number of likely N-dealkylation sites (N-methyl/N-ethyl adjacent to an activating group) is 1. The second-order valence-electron chi connectivity index (χ2n) is 3.22. The van der Waals surface area contributed by atoms with Crippen molar-refractivity contribution in [1.29, 1.82) is 0 Å². The smallest absolute Gasteiger partial charge is 0.264 e. The van der Waals surface area contributed by atoms with Gasteiger partial charge in [-0.15, -0.1) is 0 Å². The lowest BCUT2D eigenvalue weighted by atomic mass is 10.0. The average Bonchev–Trinajstić information content (AvgIpc) is 2.25. The minimum atomic E-state index is -2.43. The van der Waals surface area contributed by atoms with Crippen LogP contribution in [-0.2, 0) is 6.42 Å². The maximum Gasteiger partial charge on any atom is 0.264 e. The minimum absolute atomic E-state index is 0.0889. The summed E-state index contributed by atoms with van der Waals surface area (Å²) in [6.45, 7) is 0.673. The largest absolute Gasteiger partial charge is 0.497 e. The van der Waals surface area contributed by atoms with E-state index in [4.69, 9.17) is 4.74 Å². The van der Waals surface area contributed by atoms with Gasteiger partial charge in [0.05, 0.1) is 7.11 Å². The second-order valence-corrected chi connectivity index (χ2v) is 3.22. The van der Waals surface area contributed by atoms with Crippen LogP contribution in [0, 0.1) is 0 Å². The highest BCUT2D eigenvalue weighted by Crippen LogP contribution is 2.26. The van der Waals surface area contributed by atoms with Gasteiger partial charge in [-0.1, -0.05) is 0 Å². The molecule has 0 saturated heterocycles. The fourth-order valence-electron chi connectivity index (χ4n) is 1.40. The van der Waals surface area contributed by atoms with Crippen LogP contribution in [0.4, 0.5) is 8.78 Å². The molecule has 1 aromatic rings. The molecule has 0 bridgehead atoms. The third-order valence-electron chi connectivity index (χ3n) is 2.23. The number of halogens is 2. The lowest BCUT2D eigenvalue weighted by Gasteiger charge is -2.10. The Hall–Kier alpha value is -1.16. The van der Waals surface area contributed by atoms with Gasteiger partial charge in [-0.3, -0.25) is 0 Å². The summed E-state index contributed by atoms with van der Waals surface area (Å²) in [6.07, 6.45) is -1.85. The summed E-state index contributed by atoms with van der Waals surface area (Å²) in [5, 5.41) is 2.93. The molecule has 4 heteroatoms. The second kappa shape index (κ2) is 5.66. The molecule has 0 radical (unpaired) electrons. The summed E-state index contributed by atoms with van der Waals surface area (Å²) in [4.78, 5) is 0. The molecule has 0 aliphatic rings. The molecule has 15 heavy (non-hydrogen) atoms. The van der Waals surface area contributed by atoms with Crippen LogP contribution in [-0.4, -0.2) is 20.7 Å². The first-order valence-electron chi connectivity index (χ1n) is 4.78. The summed E-state index contributed by atoms with van der Waals surface area (Å²) in [7, 11) is 3.32. The highest BCUT2D eigenvalue weighted by Gasteiger charge is 2.13. The zero-order valence-electron chi connectivity index (χ0n) is 8.89. The SMILES string of the molecule is CNCCc1cc(OC)ccc1C(F)F. The van der Waals surface area contributed by atoms with Crippen molar-refractivity contribution in [2.45, 2.75) is 12.8 Å². The van der Waals surface area contributed by atoms with Gasteiger partial charge in [-0.05, 0) is 43.8 Å². The number of benzene rings is 1. The average molecular weight is 215 g/mol. The predicted octanol–water partition coefficient (Wildman–Crippen LogP) is 2.39. The zero-order valence-corrected chi connectivity index (χ0v) is 8.89. The van der Waals surface area contributed by atoms with Gasteiger partial charge < -0.3 is 10.1 Å². The number of methoxy groups -OCH3 is 1. The van der Waals surface area contributed by atoms with E-state index in [1.165, 1.54) is 13.2 Å². The summed E-state index contributed by atoms with van der Waals surface area (Å²) < 4.78 is 30.3. The van der Waals surface area contributed by atoms with Crippen molar-refractivity contribution in [3.63, 3.8) is 0 Å². The van der Waals surface area contributed by atoms with Gasteiger partial charge in [0.15, 0.2) is 0 Å². The first-order valence-corrected chi connectivity index (χ1v) is 4.78. The van der Waals surface area contributed by atoms with Crippen molar-refractivity contribution in [2.24, 2.45) is 0 Å². The molecular weight excluding hydrogens is 200 g/mol. The van der Waals surface area contributed by atoms with E-state index in [0.717, 1.165) is 0 Å². The van der Waals surface area contributed by atoms with Crippen molar-refractivity contribution in [3.8, 4) is 5.75 Å². The van der Waals surface area contributed by atoms with Crippen LogP contribution in [0.5, 0.6) is 5.75 Å². The quantitative estimate of drug-likeness (QED) is 0.814. The molecule has 0 fully saturated rings. The van der Waals surface area contributed by atoms with Gasteiger partial charge in [0.1, 0.15) is 5.75 Å². The maximum atomic E-state index is 12.6. The molecule has 0 spiro atoms.